The Labute approximate surface area is 74.8 Å². The van der Waals surface area contributed by atoms with Gasteiger partial charge in [0.25, 0.3) is 0 Å². The summed E-state index contributed by atoms with van der Waals surface area (Å²) in [6.07, 6.45) is 9.88. The van der Waals surface area contributed by atoms with Crippen LogP contribution in [0.3, 0.4) is 0 Å². The summed E-state index contributed by atoms with van der Waals surface area (Å²) in [7, 11) is 0. The smallest absolute Gasteiger partial charge is 0.0262 e. The molecule has 0 aliphatic rings. The largest absolute Gasteiger partial charge is 0.158 e. The Kier molecular flexibility index (Phi) is 6.43. The SMILES string of the molecule is C/C=C\C(=C/CC)C(C)SC. The molecule has 0 saturated carbocycles. The van der Waals surface area contributed by atoms with Gasteiger partial charge in [-0.2, -0.15) is 11.8 Å². The van der Waals surface area contributed by atoms with Crippen LogP contribution in [0.2, 0.25) is 0 Å². The molecule has 0 bridgehead atoms. The molecule has 0 N–H and O–H groups in total. The summed E-state index contributed by atoms with van der Waals surface area (Å²) in [5, 5.41) is 0.631. The van der Waals surface area contributed by atoms with E-state index in [0.29, 0.717) is 5.25 Å². The molecule has 0 nitrogen and oxygen atoms in total. The van der Waals surface area contributed by atoms with Crippen molar-refractivity contribution in [2.24, 2.45) is 0 Å². The third kappa shape index (κ3) is 4.31. The van der Waals surface area contributed by atoms with Crippen LogP contribution >= 0.6 is 11.8 Å². The second-order valence-corrected chi connectivity index (χ2v) is 3.67. The van der Waals surface area contributed by atoms with E-state index in [4.69, 9.17) is 0 Å². The summed E-state index contributed by atoms with van der Waals surface area (Å²) in [6, 6.07) is 0. The lowest BCUT2D eigenvalue weighted by Gasteiger charge is -2.08. The summed E-state index contributed by atoms with van der Waals surface area (Å²) in [6.45, 7) is 6.49. The minimum absolute atomic E-state index is 0.631. The minimum atomic E-state index is 0.631. The van der Waals surface area contributed by atoms with Crippen LogP contribution in [-0.2, 0) is 0 Å². The molecule has 0 aliphatic carbocycles. The van der Waals surface area contributed by atoms with Crippen LogP contribution in [0.1, 0.15) is 27.2 Å². The van der Waals surface area contributed by atoms with E-state index in [1.54, 1.807) is 0 Å². The number of rotatable bonds is 4. The first kappa shape index (κ1) is 10.8. The zero-order valence-electron chi connectivity index (χ0n) is 7.92. The second kappa shape index (κ2) is 6.53. The highest BCUT2D eigenvalue weighted by atomic mass is 32.2. The van der Waals surface area contributed by atoms with Crippen LogP contribution in [0, 0.1) is 0 Å². The van der Waals surface area contributed by atoms with Gasteiger partial charge in [0, 0.05) is 5.25 Å². The maximum absolute atomic E-state index is 2.29. The summed E-state index contributed by atoms with van der Waals surface area (Å²) in [5.41, 5.74) is 1.45. The molecular formula is C10H18S. The standard InChI is InChI=1S/C10H18S/c1-5-7-10(8-6-2)9(3)11-4/h5,7-9H,6H2,1-4H3/b7-5-,10-8+. The summed E-state index contributed by atoms with van der Waals surface area (Å²) >= 11 is 1.89. The Morgan fingerprint density at radius 2 is 2.18 bits per heavy atom. The van der Waals surface area contributed by atoms with Crippen molar-refractivity contribution in [3.05, 3.63) is 23.8 Å². The third-order valence-electron chi connectivity index (χ3n) is 1.62. The van der Waals surface area contributed by atoms with E-state index in [2.05, 4.69) is 45.3 Å². The maximum Gasteiger partial charge on any atom is 0.0262 e. The Hall–Kier alpha value is -0.170. The zero-order valence-corrected chi connectivity index (χ0v) is 8.74. The lowest BCUT2D eigenvalue weighted by Crippen LogP contribution is -1.97. The van der Waals surface area contributed by atoms with Crippen molar-refractivity contribution in [2.75, 3.05) is 6.26 Å². The molecule has 1 atom stereocenters. The highest BCUT2D eigenvalue weighted by Gasteiger charge is 2.01. The van der Waals surface area contributed by atoms with Gasteiger partial charge >= 0.3 is 0 Å². The Bertz CT molecular complexity index is 145. The van der Waals surface area contributed by atoms with Crippen LogP contribution in [0.15, 0.2) is 23.8 Å². The van der Waals surface area contributed by atoms with E-state index in [1.807, 2.05) is 11.8 Å². The molecule has 0 fully saturated rings. The molecule has 0 amide bonds. The normalized spacial score (nSPS) is 15.8. The van der Waals surface area contributed by atoms with E-state index in [0.717, 1.165) is 6.42 Å². The van der Waals surface area contributed by atoms with Crippen molar-refractivity contribution in [3.8, 4) is 0 Å². The summed E-state index contributed by atoms with van der Waals surface area (Å²) in [5.74, 6) is 0. The molecule has 1 heteroatoms. The second-order valence-electron chi connectivity index (χ2n) is 2.49. The zero-order chi connectivity index (χ0) is 8.69. The Balaban J connectivity index is 4.21. The highest BCUT2D eigenvalue weighted by molar-refractivity contribution is 7.99. The van der Waals surface area contributed by atoms with Crippen LogP contribution in [0.4, 0.5) is 0 Å². The fraction of sp³-hybridized carbons (Fsp3) is 0.600. The van der Waals surface area contributed by atoms with E-state index in [9.17, 15) is 0 Å². The number of thioether (sulfide) groups is 1. The van der Waals surface area contributed by atoms with Gasteiger partial charge in [0.15, 0.2) is 0 Å². The van der Waals surface area contributed by atoms with Gasteiger partial charge in [0.05, 0.1) is 0 Å². The molecule has 0 spiro atoms. The van der Waals surface area contributed by atoms with Crippen molar-refractivity contribution < 1.29 is 0 Å². The first-order valence-corrected chi connectivity index (χ1v) is 5.40. The maximum atomic E-state index is 2.29. The van der Waals surface area contributed by atoms with Crippen molar-refractivity contribution >= 4 is 11.8 Å². The molecular weight excluding hydrogens is 152 g/mol. The molecule has 0 heterocycles. The van der Waals surface area contributed by atoms with Crippen molar-refractivity contribution in [1.82, 2.24) is 0 Å². The topological polar surface area (TPSA) is 0 Å². The fourth-order valence-corrected chi connectivity index (χ4v) is 1.38. The molecule has 0 aromatic carbocycles. The molecule has 11 heavy (non-hydrogen) atoms. The molecule has 0 aromatic heterocycles. The molecule has 0 aliphatic heterocycles. The molecule has 0 rings (SSSR count). The number of hydrogen-bond donors (Lipinski definition) is 0. The first-order chi connectivity index (χ1) is 5.26. The summed E-state index contributed by atoms with van der Waals surface area (Å²) < 4.78 is 0. The van der Waals surface area contributed by atoms with Gasteiger partial charge in [-0.3, -0.25) is 0 Å². The average molecular weight is 170 g/mol. The van der Waals surface area contributed by atoms with Crippen LogP contribution < -0.4 is 0 Å². The van der Waals surface area contributed by atoms with Gasteiger partial charge in [0.1, 0.15) is 0 Å². The third-order valence-corrected chi connectivity index (χ3v) is 2.60. The van der Waals surface area contributed by atoms with Gasteiger partial charge in [-0.05, 0) is 32.1 Å². The van der Waals surface area contributed by atoms with Crippen molar-refractivity contribution in [1.29, 1.82) is 0 Å². The first-order valence-electron chi connectivity index (χ1n) is 4.11. The number of hydrogen-bond acceptors (Lipinski definition) is 1. The molecule has 0 saturated heterocycles. The van der Waals surface area contributed by atoms with E-state index >= 15 is 0 Å². The van der Waals surface area contributed by atoms with Gasteiger partial charge in [0.2, 0.25) is 0 Å². The van der Waals surface area contributed by atoms with Crippen LogP contribution in [0.25, 0.3) is 0 Å². The molecule has 64 valence electrons. The van der Waals surface area contributed by atoms with E-state index < -0.39 is 0 Å². The predicted octanol–water partition coefficient (Wildman–Crippen LogP) is 3.65. The predicted molar refractivity (Wildman–Crippen MR) is 56.2 cm³/mol. The van der Waals surface area contributed by atoms with Crippen LogP contribution in [0.5, 0.6) is 0 Å². The van der Waals surface area contributed by atoms with Gasteiger partial charge in [-0.1, -0.05) is 25.2 Å². The summed E-state index contributed by atoms with van der Waals surface area (Å²) in [4.78, 5) is 0. The lowest BCUT2D eigenvalue weighted by molar-refractivity contribution is 1.11. The number of allylic oxidation sites excluding steroid dienone is 3. The Morgan fingerprint density at radius 3 is 2.55 bits per heavy atom. The van der Waals surface area contributed by atoms with Crippen LogP contribution in [-0.4, -0.2) is 11.5 Å². The molecule has 0 aromatic rings. The highest BCUT2D eigenvalue weighted by Crippen LogP contribution is 2.17. The van der Waals surface area contributed by atoms with Gasteiger partial charge < -0.3 is 0 Å². The van der Waals surface area contributed by atoms with E-state index in [-0.39, 0.29) is 0 Å². The fourth-order valence-electron chi connectivity index (χ4n) is 0.934. The molecule has 0 radical (unpaired) electrons. The Morgan fingerprint density at radius 1 is 1.55 bits per heavy atom. The van der Waals surface area contributed by atoms with Gasteiger partial charge in [-0.25, -0.2) is 0 Å². The van der Waals surface area contributed by atoms with E-state index in [1.165, 1.54) is 5.57 Å². The quantitative estimate of drug-likeness (QED) is 0.580. The monoisotopic (exact) mass is 170 g/mol. The average Bonchev–Trinajstić information content (AvgIpc) is 2.03. The molecule has 1 unspecified atom stereocenters. The lowest BCUT2D eigenvalue weighted by atomic mass is 10.1. The van der Waals surface area contributed by atoms with Gasteiger partial charge in [-0.15, -0.1) is 0 Å². The van der Waals surface area contributed by atoms with Crippen molar-refractivity contribution in [3.63, 3.8) is 0 Å². The minimum Gasteiger partial charge on any atom is -0.158 e. The van der Waals surface area contributed by atoms with Crippen molar-refractivity contribution in [2.45, 2.75) is 32.4 Å².